The highest BCUT2D eigenvalue weighted by Crippen LogP contribution is 2.52. The quantitative estimate of drug-likeness (QED) is 0.0146. The molecule has 9 heterocycles. The number of amides is 9. The molecule has 0 spiro atoms. The summed E-state index contributed by atoms with van der Waals surface area (Å²) in [5.74, 6) is -25.2. The number of esters is 1. The van der Waals surface area contributed by atoms with Gasteiger partial charge in [-0.25, -0.2) is 4.79 Å². The van der Waals surface area contributed by atoms with E-state index >= 15 is 24.0 Å². The fourth-order valence-electron chi connectivity index (χ4n) is 17.6. The van der Waals surface area contributed by atoms with Crippen LogP contribution in [0.4, 0.5) is 0 Å². The summed E-state index contributed by atoms with van der Waals surface area (Å²) in [4.78, 5) is 185. The average molecular weight is 2120 g/mol. The normalized spacial score (nSPS) is 27.4. The fraction of sp³-hybridized carbons (Fsp3) is 0.442. The van der Waals surface area contributed by atoms with Crippen LogP contribution in [-0.4, -0.2) is 281 Å². The Balaban J connectivity index is 1.02. The Morgan fingerprint density at radius 2 is 1.08 bits per heavy atom. The molecule has 147 heavy (non-hydrogen) atoms. The third-order valence-corrected chi connectivity index (χ3v) is 26.6. The van der Waals surface area contributed by atoms with Crippen molar-refractivity contribution >= 4 is 95.9 Å². The SMILES string of the molecule is CC(=O)N[C@H]1[C@H](O[C@@H]2c3ccc(c(Cl)c3)Oc3cc4cc(c3O[C@@H]3O[C@H](COC(=O)CCCC(=O)NC(O)P(=O)(O)O)[C@@H](O)[C@H](O)[C@H]3NC(=O)CCCCCCCC(C)C)Oc3ccc(cc3Cl)C[C@H]3NC(=O)[C@H](N)c5ccc(O)c(c5)Oc5cc(O)cc(c5)[C@H](NC3=O)C(=O)N[C@H]4C(=O)N[C@H]3C(=O)N[C@@H]2C(=O)N[C@@H](C(=O)O)c2cc(O)cc(O[C@H]4O[C@H](CO)[C@@H](O)[C@H](O)[C@@H]4O)c2-c2cc3ccc2O)O[C@H](CO)[C@@H](O)[C@@H]1O. The molecule has 16 rings (SSSR count). The number of carbonyl (C=O) groups is 11. The zero-order valence-corrected chi connectivity index (χ0v) is 80.6. The van der Waals surface area contributed by atoms with Crippen molar-refractivity contribution < 1.29 is 191 Å². The van der Waals surface area contributed by atoms with E-state index in [9.17, 15) is 120 Å². The number of nitrogens with one attached hydrogen (secondary N) is 9. The zero-order valence-electron chi connectivity index (χ0n) is 78.2. The number of benzene rings is 7. The predicted octanol–water partition coefficient (Wildman–Crippen LogP) is 0.701. The summed E-state index contributed by atoms with van der Waals surface area (Å²) in [6.45, 7) is 1.87. The number of ether oxygens (including phenoxy) is 10. The molecule has 792 valence electrons. The number of aliphatic hydroxyl groups is 10. The summed E-state index contributed by atoms with van der Waals surface area (Å²) in [5, 5.41) is 192. The second-order valence-corrected chi connectivity index (χ2v) is 38.9. The van der Waals surface area contributed by atoms with Gasteiger partial charge in [0.1, 0.15) is 162 Å². The molecule has 17 bridgehead atoms. The standard InChI is InChI=1S/C95H109Cl2N10O39P/c1-37(2)10-7-5-4-6-8-11-64(115)101-74-80(122)78(120)63(36-137-66(117)13-9-12-65(116)102-95(133)147(134,135)136)144-93(74)146-84-59-29-44-30-60(84)140-56-21-17-42(27-51(56)97)83(145-92-73(99-38(3)110)79(121)76(118)61(34-108)142-92)75-90(130)106-72(91(131)132)49-32-46(112)33-58(141-94-82(124)81(123)77(119)62(35-109)143-94)67(49)48-26-41(16-18-53(48)113)69(87(127)107-75)104-89(129)71(44)105-88(128)70-43-24-45(111)31-47(25-43)138-57-28-40(15-19-54(57)114)68(98)86(126)100-52(85(125)103-70)23-39-14-20-55(139-59)50(96)22-39/h14-22,24-33,37,52,61-63,68-83,92-95,108-109,111-114,118-124,133H,4-13,23,34-36,98H2,1-3H3,(H,99,110)(H,100,126)(H,101,115)(H,102,116)(H,103,125)(H,104,129)(H,105,128)(H,106,130)(H,107,127)(H,131,132)(H2,134,135,136)/t52-,61-,62-,63-,68-,69-,70+,71-,72-,73-,74-,75+,76-,77-,78-,79-,80-,81+,82+,83-,92+,93+,94+,95?/m1/s1. The minimum atomic E-state index is -5.25. The molecule has 0 saturated carbocycles. The number of carboxylic acid groups (broad SMARTS) is 1. The average Bonchev–Trinajstić information content (AvgIpc) is 0.756. The Kier molecular flexibility index (Phi) is 35.1. The van der Waals surface area contributed by atoms with Gasteiger partial charge in [0, 0.05) is 61.4 Å². The molecule has 0 radical (unpaired) electrons. The molecule has 9 amide bonds. The highest BCUT2D eigenvalue weighted by molar-refractivity contribution is 7.52. The van der Waals surface area contributed by atoms with Crippen LogP contribution in [0.15, 0.2) is 115 Å². The number of aromatic hydroxyl groups is 4. The monoisotopic (exact) mass is 2110 g/mol. The van der Waals surface area contributed by atoms with E-state index in [-0.39, 0.29) is 29.0 Å². The molecule has 3 saturated heterocycles. The van der Waals surface area contributed by atoms with Gasteiger partial charge in [-0.15, -0.1) is 0 Å². The molecular weight excluding hydrogens is 2010 g/mol. The molecule has 28 N–H and O–H groups in total. The Hall–Kier alpha value is -13.0. The van der Waals surface area contributed by atoms with Crippen molar-refractivity contribution in [3.8, 4) is 80.1 Å². The lowest BCUT2D eigenvalue weighted by Gasteiger charge is -2.44. The van der Waals surface area contributed by atoms with E-state index in [0.29, 0.717) is 18.8 Å². The Morgan fingerprint density at radius 3 is 1.73 bits per heavy atom. The summed E-state index contributed by atoms with van der Waals surface area (Å²) < 4.78 is 75.1. The van der Waals surface area contributed by atoms with Crippen LogP contribution >= 0.6 is 30.8 Å². The van der Waals surface area contributed by atoms with E-state index in [1.807, 2.05) is 0 Å². The number of carboxylic acids is 1. The first-order chi connectivity index (χ1) is 69.7. The number of nitrogens with two attached hydrogens (primary N) is 1. The van der Waals surface area contributed by atoms with E-state index in [1.54, 1.807) is 5.32 Å². The molecule has 49 nitrogen and oxygen atoms in total. The molecular formula is C95H109Cl2N10O39P. The molecule has 0 aliphatic carbocycles. The van der Waals surface area contributed by atoms with E-state index < -0.39 is 378 Å². The van der Waals surface area contributed by atoms with Crippen molar-refractivity contribution in [2.75, 3.05) is 19.8 Å². The number of carbonyl (C=O) groups excluding carboxylic acids is 10. The molecule has 52 heteroatoms. The van der Waals surface area contributed by atoms with Gasteiger partial charge in [-0.05, 0) is 131 Å². The zero-order chi connectivity index (χ0) is 106. The maximum Gasteiger partial charge on any atom is 0.374 e. The minimum Gasteiger partial charge on any atom is -0.508 e. The van der Waals surface area contributed by atoms with Crippen molar-refractivity contribution in [3.63, 3.8) is 0 Å². The molecule has 7 aromatic rings. The number of phenolic OH excluding ortho intramolecular Hbond substituents is 4. The summed E-state index contributed by atoms with van der Waals surface area (Å²) in [5.41, 5.74) is 2.36. The van der Waals surface area contributed by atoms with Gasteiger partial charge in [-0.1, -0.05) is 93.4 Å². The molecule has 3 fully saturated rings. The van der Waals surface area contributed by atoms with Crippen LogP contribution in [0.5, 0.6) is 69.0 Å². The number of hydrogen-bond donors (Lipinski definition) is 27. The van der Waals surface area contributed by atoms with Crippen LogP contribution in [0, 0.1) is 5.92 Å². The Labute approximate surface area is 844 Å². The highest BCUT2D eigenvalue weighted by atomic mass is 35.5. The number of fused-ring (bicyclic) bond motifs is 14. The summed E-state index contributed by atoms with van der Waals surface area (Å²) in [7, 11) is -5.25. The third kappa shape index (κ3) is 25.7. The Bertz CT molecular complexity index is 6180. The predicted molar refractivity (Wildman–Crippen MR) is 502 cm³/mol. The number of halogens is 2. The topological polar surface area (TPSA) is 775 Å². The molecule has 9 aliphatic heterocycles. The van der Waals surface area contributed by atoms with Crippen LogP contribution in [-0.2, 0) is 87.4 Å². The van der Waals surface area contributed by atoms with Gasteiger partial charge in [0.2, 0.25) is 77.5 Å². The number of unbranched alkanes of at least 4 members (excludes halogenated alkanes) is 4. The molecule has 7 aromatic carbocycles. The summed E-state index contributed by atoms with van der Waals surface area (Å²) in [6.07, 6.45) is -28.4. The maximum absolute atomic E-state index is 17.2. The molecule has 9 aliphatic rings. The number of hydrogen-bond acceptors (Lipinski definition) is 37. The number of aliphatic carboxylic acids is 1. The summed E-state index contributed by atoms with van der Waals surface area (Å²) >= 11 is 14.8. The van der Waals surface area contributed by atoms with Crippen molar-refractivity contribution in [3.05, 3.63) is 164 Å². The lowest BCUT2D eigenvalue weighted by molar-refractivity contribution is -0.284. The second-order valence-electron chi connectivity index (χ2n) is 36.4. The van der Waals surface area contributed by atoms with Gasteiger partial charge in [-0.3, -0.25) is 52.5 Å². The van der Waals surface area contributed by atoms with E-state index in [4.69, 9.17) is 76.3 Å². The number of phenols is 4. The van der Waals surface area contributed by atoms with Crippen molar-refractivity contribution in [1.82, 2.24) is 47.9 Å². The molecule has 24 atom stereocenters. The first-order valence-corrected chi connectivity index (χ1v) is 48.8. The smallest absolute Gasteiger partial charge is 0.374 e. The van der Waals surface area contributed by atoms with Gasteiger partial charge in [0.25, 0.3) is 0 Å². The number of rotatable bonds is 27. The maximum atomic E-state index is 17.2. The van der Waals surface area contributed by atoms with Gasteiger partial charge < -0.3 is 187 Å². The third-order valence-electron chi connectivity index (χ3n) is 25.3. The lowest BCUT2D eigenvalue weighted by atomic mass is 9.89. The van der Waals surface area contributed by atoms with Gasteiger partial charge in [-0.2, -0.15) is 0 Å². The second kappa shape index (κ2) is 47.0. The van der Waals surface area contributed by atoms with Crippen LogP contribution in [0.3, 0.4) is 0 Å². The van der Waals surface area contributed by atoms with Crippen LogP contribution in [0.25, 0.3) is 11.1 Å². The van der Waals surface area contributed by atoms with E-state index in [1.165, 1.54) is 24.3 Å². The van der Waals surface area contributed by atoms with E-state index in [2.05, 4.69) is 56.4 Å². The van der Waals surface area contributed by atoms with Gasteiger partial charge >= 0.3 is 19.5 Å². The number of aliphatic hydroxyl groups excluding tert-OH is 10. The van der Waals surface area contributed by atoms with Crippen LogP contribution < -0.4 is 77.3 Å². The highest BCUT2D eigenvalue weighted by Gasteiger charge is 2.53. The lowest BCUT2D eigenvalue weighted by Crippen LogP contribution is -2.65. The minimum absolute atomic E-state index is 0.00909. The van der Waals surface area contributed by atoms with Gasteiger partial charge in [0.05, 0.1) is 23.3 Å². The molecule has 0 aromatic heterocycles. The first kappa shape index (κ1) is 110. The summed E-state index contributed by atoms with van der Waals surface area (Å²) in [6, 6.07) is -0.766. The van der Waals surface area contributed by atoms with Crippen molar-refractivity contribution in [2.24, 2.45) is 11.7 Å². The van der Waals surface area contributed by atoms with E-state index in [0.717, 1.165) is 117 Å². The largest absolute Gasteiger partial charge is 0.508 e. The molecule has 1 unspecified atom stereocenters. The Morgan fingerprint density at radius 1 is 0.517 bits per heavy atom. The van der Waals surface area contributed by atoms with Crippen molar-refractivity contribution in [1.29, 1.82) is 0 Å². The van der Waals surface area contributed by atoms with Crippen LogP contribution in [0.2, 0.25) is 10.0 Å². The fourth-order valence-corrected chi connectivity index (χ4v) is 18.4. The van der Waals surface area contributed by atoms with Gasteiger partial charge in [0.15, 0.2) is 35.3 Å². The van der Waals surface area contributed by atoms with Crippen molar-refractivity contribution in [2.45, 2.75) is 238 Å². The first-order valence-electron chi connectivity index (χ1n) is 46.4. The van der Waals surface area contributed by atoms with Crippen LogP contribution in [0.1, 0.15) is 160 Å².